The topological polar surface area (TPSA) is 58.6 Å². The molecule has 0 spiro atoms. The third-order valence-corrected chi connectivity index (χ3v) is 3.28. The summed E-state index contributed by atoms with van der Waals surface area (Å²) >= 11 is 0. The Bertz CT molecular complexity index is 226. The van der Waals surface area contributed by atoms with E-state index < -0.39 is 0 Å². The lowest BCUT2D eigenvalue weighted by molar-refractivity contribution is -0.132. The van der Waals surface area contributed by atoms with Crippen LogP contribution in [-0.2, 0) is 9.53 Å². The summed E-state index contributed by atoms with van der Waals surface area (Å²) in [7, 11) is 0. The summed E-state index contributed by atoms with van der Waals surface area (Å²) in [6, 6.07) is -0.0598. The number of carbonyl (C=O) groups is 1. The first-order chi connectivity index (χ1) is 7.27. The van der Waals surface area contributed by atoms with E-state index in [1.165, 1.54) is 0 Å². The molecule has 0 radical (unpaired) electrons. The van der Waals surface area contributed by atoms with Crippen LogP contribution in [0.15, 0.2) is 0 Å². The van der Waals surface area contributed by atoms with E-state index in [9.17, 15) is 9.90 Å². The summed E-state index contributed by atoms with van der Waals surface area (Å²) in [5, 5.41) is 12.6. The Morgan fingerprint density at radius 3 is 2.67 bits per heavy atom. The van der Waals surface area contributed by atoms with Gasteiger partial charge in [0.15, 0.2) is 0 Å². The molecule has 2 aliphatic rings. The monoisotopic (exact) mass is 213 g/mol. The molecule has 2 fully saturated rings. The average molecular weight is 213 g/mol. The number of rotatable bonds is 2. The Labute approximate surface area is 90.0 Å². The van der Waals surface area contributed by atoms with Crippen molar-refractivity contribution in [2.45, 2.75) is 56.8 Å². The molecule has 0 aromatic rings. The van der Waals surface area contributed by atoms with Crippen molar-refractivity contribution in [3.05, 3.63) is 0 Å². The van der Waals surface area contributed by atoms with Crippen LogP contribution in [-0.4, -0.2) is 35.9 Å². The zero-order valence-corrected chi connectivity index (χ0v) is 8.95. The quantitative estimate of drug-likeness (QED) is 0.705. The van der Waals surface area contributed by atoms with E-state index in [1.54, 1.807) is 0 Å². The molecule has 2 unspecified atom stereocenters. The van der Waals surface area contributed by atoms with Crippen molar-refractivity contribution in [3.8, 4) is 0 Å². The fourth-order valence-corrected chi connectivity index (χ4v) is 2.34. The lowest BCUT2D eigenvalue weighted by Crippen LogP contribution is -2.48. The van der Waals surface area contributed by atoms with Crippen molar-refractivity contribution in [1.29, 1.82) is 0 Å². The zero-order chi connectivity index (χ0) is 10.7. The van der Waals surface area contributed by atoms with Crippen LogP contribution < -0.4 is 5.32 Å². The second kappa shape index (κ2) is 4.94. The molecule has 1 heterocycles. The van der Waals surface area contributed by atoms with Gasteiger partial charge in [0.1, 0.15) is 6.10 Å². The number of ether oxygens (including phenoxy) is 1. The smallest absolute Gasteiger partial charge is 0.249 e. The minimum absolute atomic E-state index is 0.0431. The first-order valence-electron chi connectivity index (χ1n) is 5.87. The van der Waals surface area contributed by atoms with E-state index in [2.05, 4.69) is 5.32 Å². The number of hydrogen-bond donors (Lipinski definition) is 2. The van der Waals surface area contributed by atoms with Crippen LogP contribution in [0.4, 0.5) is 0 Å². The standard InChI is InChI=1S/C11H19NO3/c13-9-5-2-1-4-8(9)12-11(14)10-6-3-7-15-10/h8-10,13H,1-7H2,(H,12,14)/t8?,9?,10-/m0/s1. The minimum Gasteiger partial charge on any atom is -0.391 e. The zero-order valence-electron chi connectivity index (χ0n) is 8.95. The molecule has 1 aliphatic heterocycles. The van der Waals surface area contributed by atoms with Crippen molar-refractivity contribution in [1.82, 2.24) is 5.32 Å². The molecular weight excluding hydrogens is 194 g/mol. The maximum Gasteiger partial charge on any atom is 0.249 e. The highest BCUT2D eigenvalue weighted by Crippen LogP contribution is 2.19. The Balaban J connectivity index is 1.81. The highest BCUT2D eigenvalue weighted by atomic mass is 16.5. The van der Waals surface area contributed by atoms with E-state index in [1.807, 2.05) is 0 Å². The minimum atomic E-state index is -0.371. The van der Waals surface area contributed by atoms with Gasteiger partial charge in [-0.05, 0) is 25.7 Å². The second-order valence-electron chi connectivity index (χ2n) is 4.47. The van der Waals surface area contributed by atoms with E-state index >= 15 is 0 Å². The number of amides is 1. The molecule has 1 aliphatic carbocycles. The van der Waals surface area contributed by atoms with Gasteiger partial charge >= 0.3 is 0 Å². The molecule has 2 rings (SSSR count). The Hall–Kier alpha value is -0.610. The average Bonchev–Trinajstić information content (AvgIpc) is 2.74. The van der Waals surface area contributed by atoms with Gasteiger partial charge in [-0.15, -0.1) is 0 Å². The van der Waals surface area contributed by atoms with Crippen LogP contribution in [0.2, 0.25) is 0 Å². The van der Waals surface area contributed by atoms with E-state index in [4.69, 9.17) is 4.74 Å². The Kier molecular flexibility index (Phi) is 3.59. The summed E-state index contributed by atoms with van der Waals surface area (Å²) in [5.74, 6) is -0.0431. The van der Waals surface area contributed by atoms with Crippen molar-refractivity contribution in [3.63, 3.8) is 0 Å². The van der Waals surface area contributed by atoms with Gasteiger partial charge in [-0.2, -0.15) is 0 Å². The van der Waals surface area contributed by atoms with Crippen LogP contribution in [0, 0.1) is 0 Å². The van der Waals surface area contributed by atoms with Crippen LogP contribution >= 0.6 is 0 Å². The van der Waals surface area contributed by atoms with Crippen molar-refractivity contribution in [2.75, 3.05) is 6.61 Å². The van der Waals surface area contributed by atoms with Crippen LogP contribution in [0.3, 0.4) is 0 Å². The summed E-state index contributed by atoms with van der Waals surface area (Å²) in [4.78, 5) is 11.7. The van der Waals surface area contributed by atoms with Gasteiger partial charge in [-0.3, -0.25) is 4.79 Å². The summed E-state index contributed by atoms with van der Waals surface area (Å²) in [6.45, 7) is 0.686. The SMILES string of the molecule is O=C(NC1CCCCC1O)[C@@H]1CCCO1. The maximum atomic E-state index is 11.7. The summed E-state index contributed by atoms with van der Waals surface area (Å²) < 4.78 is 5.30. The second-order valence-corrected chi connectivity index (χ2v) is 4.47. The Morgan fingerprint density at radius 1 is 1.20 bits per heavy atom. The predicted octanol–water partition coefficient (Wildman–Crippen LogP) is 0.585. The normalized spacial score (nSPS) is 36.5. The number of carbonyl (C=O) groups excluding carboxylic acids is 1. The molecule has 1 amide bonds. The van der Waals surface area contributed by atoms with Crippen molar-refractivity contribution >= 4 is 5.91 Å². The molecular formula is C11H19NO3. The van der Waals surface area contributed by atoms with Gasteiger partial charge in [0.2, 0.25) is 5.91 Å². The first kappa shape index (κ1) is 10.9. The Morgan fingerprint density at radius 2 is 2.00 bits per heavy atom. The number of hydrogen-bond acceptors (Lipinski definition) is 3. The first-order valence-corrected chi connectivity index (χ1v) is 5.87. The molecule has 0 aromatic carbocycles. The third kappa shape index (κ3) is 2.69. The molecule has 86 valence electrons. The maximum absolute atomic E-state index is 11.7. The van der Waals surface area contributed by atoms with Gasteiger partial charge in [0.25, 0.3) is 0 Å². The summed E-state index contributed by atoms with van der Waals surface area (Å²) in [5.41, 5.74) is 0. The molecule has 3 atom stereocenters. The number of nitrogens with one attached hydrogen (secondary N) is 1. The largest absolute Gasteiger partial charge is 0.391 e. The predicted molar refractivity (Wildman–Crippen MR) is 55.4 cm³/mol. The third-order valence-electron chi connectivity index (χ3n) is 3.28. The van der Waals surface area contributed by atoms with Gasteiger partial charge in [-0.25, -0.2) is 0 Å². The van der Waals surface area contributed by atoms with E-state index in [0.29, 0.717) is 6.61 Å². The van der Waals surface area contributed by atoms with E-state index in [-0.39, 0.29) is 24.2 Å². The highest BCUT2D eigenvalue weighted by molar-refractivity contribution is 5.81. The molecule has 4 heteroatoms. The molecule has 2 N–H and O–H groups in total. The van der Waals surface area contributed by atoms with Gasteiger partial charge < -0.3 is 15.2 Å². The lowest BCUT2D eigenvalue weighted by atomic mass is 9.92. The molecule has 0 bridgehead atoms. The molecule has 0 aromatic heterocycles. The van der Waals surface area contributed by atoms with E-state index in [0.717, 1.165) is 38.5 Å². The van der Waals surface area contributed by atoms with Crippen LogP contribution in [0.1, 0.15) is 38.5 Å². The molecule has 4 nitrogen and oxygen atoms in total. The van der Waals surface area contributed by atoms with Gasteiger partial charge in [0, 0.05) is 6.61 Å². The molecule has 15 heavy (non-hydrogen) atoms. The van der Waals surface area contributed by atoms with Crippen molar-refractivity contribution < 1.29 is 14.6 Å². The fourth-order valence-electron chi connectivity index (χ4n) is 2.34. The highest BCUT2D eigenvalue weighted by Gasteiger charge is 2.29. The fraction of sp³-hybridized carbons (Fsp3) is 0.909. The van der Waals surface area contributed by atoms with Crippen molar-refractivity contribution in [2.24, 2.45) is 0 Å². The van der Waals surface area contributed by atoms with Gasteiger partial charge in [0.05, 0.1) is 12.1 Å². The number of aliphatic hydroxyl groups excluding tert-OH is 1. The number of aliphatic hydroxyl groups is 1. The lowest BCUT2D eigenvalue weighted by Gasteiger charge is -2.29. The molecule has 1 saturated carbocycles. The van der Waals surface area contributed by atoms with Gasteiger partial charge in [-0.1, -0.05) is 12.8 Å². The molecule has 1 saturated heterocycles. The summed E-state index contributed by atoms with van der Waals surface area (Å²) in [6.07, 6.45) is 4.97. The van der Waals surface area contributed by atoms with Crippen LogP contribution in [0.25, 0.3) is 0 Å². The van der Waals surface area contributed by atoms with Crippen LogP contribution in [0.5, 0.6) is 0 Å².